The van der Waals surface area contributed by atoms with Crippen LogP contribution in [0.1, 0.15) is 24.0 Å². The molecule has 4 nitrogen and oxygen atoms in total. The van der Waals surface area contributed by atoms with E-state index in [0.717, 1.165) is 25.2 Å². The number of hydrogen-bond donors (Lipinski definition) is 3. The highest BCUT2D eigenvalue weighted by Crippen LogP contribution is 2.08. The molecule has 3 N–H and O–H groups in total. The minimum atomic E-state index is -0.0776. The van der Waals surface area contributed by atoms with Gasteiger partial charge in [0, 0.05) is 13.1 Å². The van der Waals surface area contributed by atoms with E-state index in [-0.39, 0.29) is 6.03 Å². The van der Waals surface area contributed by atoms with Crippen molar-refractivity contribution in [1.29, 1.82) is 0 Å². The number of carbonyl (C=O) groups is 1. The van der Waals surface area contributed by atoms with Crippen LogP contribution in [-0.4, -0.2) is 25.7 Å². The number of amides is 2. The normalized spacial score (nSPS) is 18.9. The molecular formula is C15H23N3O. The molecule has 1 aromatic carbocycles. The number of piperidine rings is 1. The summed E-state index contributed by atoms with van der Waals surface area (Å²) >= 11 is 0. The summed E-state index contributed by atoms with van der Waals surface area (Å²) < 4.78 is 0. The molecule has 1 atom stereocenters. The van der Waals surface area contributed by atoms with Gasteiger partial charge in [-0.3, -0.25) is 0 Å². The van der Waals surface area contributed by atoms with Crippen LogP contribution in [-0.2, 0) is 6.54 Å². The molecular weight excluding hydrogens is 238 g/mol. The van der Waals surface area contributed by atoms with Gasteiger partial charge < -0.3 is 16.0 Å². The quantitative estimate of drug-likeness (QED) is 0.774. The lowest BCUT2D eigenvalue weighted by atomic mass is 10.00. The molecule has 1 unspecified atom stereocenters. The SMILES string of the molecule is Cc1ccc(CNC(=O)NCC2CCCNC2)cc1. The second-order valence-corrected chi connectivity index (χ2v) is 5.26. The summed E-state index contributed by atoms with van der Waals surface area (Å²) in [5, 5.41) is 9.18. The Morgan fingerprint density at radius 3 is 2.79 bits per heavy atom. The third-order valence-corrected chi connectivity index (χ3v) is 3.52. The number of nitrogens with one attached hydrogen (secondary N) is 3. The van der Waals surface area contributed by atoms with Gasteiger partial charge in [-0.2, -0.15) is 0 Å². The summed E-state index contributed by atoms with van der Waals surface area (Å²) in [4.78, 5) is 11.7. The van der Waals surface area contributed by atoms with Crippen molar-refractivity contribution in [3.05, 3.63) is 35.4 Å². The third-order valence-electron chi connectivity index (χ3n) is 3.52. The summed E-state index contributed by atoms with van der Waals surface area (Å²) in [5.41, 5.74) is 2.36. The van der Waals surface area contributed by atoms with E-state index in [0.29, 0.717) is 12.5 Å². The fourth-order valence-electron chi connectivity index (χ4n) is 2.29. The predicted molar refractivity (Wildman–Crippen MR) is 77.0 cm³/mol. The van der Waals surface area contributed by atoms with E-state index in [9.17, 15) is 4.79 Å². The Morgan fingerprint density at radius 1 is 1.32 bits per heavy atom. The maximum Gasteiger partial charge on any atom is 0.315 e. The van der Waals surface area contributed by atoms with Crippen molar-refractivity contribution in [3.8, 4) is 0 Å². The lowest BCUT2D eigenvalue weighted by molar-refractivity contribution is 0.236. The average Bonchev–Trinajstić information content (AvgIpc) is 2.45. The van der Waals surface area contributed by atoms with Gasteiger partial charge in [0.05, 0.1) is 0 Å². The number of aryl methyl sites for hydroxylation is 1. The minimum absolute atomic E-state index is 0.0776. The molecule has 1 fully saturated rings. The smallest absolute Gasteiger partial charge is 0.315 e. The van der Waals surface area contributed by atoms with Gasteiger partial charge in [-0.1, -0.05) is 29.8 Å². The summed E-state index contributed by atoms with van der Waals surface area (Å²) in [6.07, 6.45) is 2.41. The molecule has 1 saturated heterocycles. The fourth-order valence-corrected chi connectivity index (χ4v) is 2.29. The van der Waals surface area contributed by atoms with Crippen LogP contribution in [0.3, 0.4) is 0 Å². The van der Waals surface area contributed by atoms with E-state index < -0.39 is 0 Å². The fraction of sp³-hybridized carbons (Fsp3) is 0.533. The first-order chi connectivity index (χ1) is 9.24. The summed E-state index contributed by atoms with van der Waals surface area (Å²) in [6.45, 7) is 5.51. The van der Waals surface area contributed by atoms with Gasteiger partial charge in [0.1, 0.15) is 0 Å². The summed E-state index contributed by atoms with van der Waals surface area (Å²) in [7, 11) is 0. The Hall–Kier alpha value is -1.55. The van der Waals surface area contributed by atoms with Crippen LogP contribution in [0.15, 0.2) is 24.3 Å². The topological polar surface area (TPSA) is 53.2 Å². The van der Waals surface area contributed by atoms with Gasteiger partial charge in [-0.25, -0.2) is 4.79 Å². The molecule has 1 aromatic rings. The lowest BCUT2D eigenvalue weighted by Crippen LogP contribution is -2.41. The van der Waals surface area contributed by atoms with Crippen LogP contribution in [0.25, 0.3) is 0 Å². The van der Waals surface area contributed by atoms with Crippen LogP contribution in [0.5, 0.6) is 0 Å². The Labute approximate surface area is 115 Å². The number of urea groups is 1. The van der Waals surface area contributed by atoms with Gasteiger partial charge in [-0.15, -0.1) is 0 Å². The summed E-state index contributed by atoms with van der Waals surface area (Å²) in [5.74, 6) is 0.568. The monoisotopic (exact) mass is 261 g/mol. The zero-order valence-corrected chi connectivity index (χ0v) is 11.5. The average molecular weight is 261 g/mol. The van der Waals surface area contributed by atoms with Gasteiger partial charge in [0.25, 0.3) is 0 Å². The molecule has 0 spiro atoms. The number of hydrogen-bond acceptors (Lipinski definition) is 2. The predicted octanol–water partition coefficient (Wildman–Crippen LogP) is 1.79. The second-order valence-electron chi connectivity index (χ2n) is 5.26. The van der Waals surface area contributed by atoms with Crippen molar-refractivity contribution < 1.29 is 4.79 Å². The zero-order valence-electron chi connectivity index (χ0n) is 11.5. The van der Waals surface area contributed by atoms with E-state index >= 15 is 0 Å². The van der Waals surface area contributed by atoms with E-state index in [1.54, 1.807) is 0 Å². The lowest BCUT2D eigenvalue weighted by Gasteiger charge is -2.22. The van der Waals surface area contributed by atoms with Crippen LogP contribution < -0.4 is 16.0 Å². The molecule has 19 heavy (non-hydrogen) atoms. The molecule has 0 radical (unpaired) electrons. The van der Waals surface area contributed by atoms with Crippen LogP contribution in [0, 0.1) is 12.8 Å². The molecule has 0 aromatic heterocycles. The first-order valence-corrected chi connectivity index (χ1v) is 7.02. The maximum atomic E-state index is 11.7. The Kier molecular flexibility index (Phi) is 5.21. The highest BCUT2D eigenvalue weighted by atomic mass is 16.2. The van der Waals surface area contributed by atoms with Crippen molar-refractivity contribution in [3.63, 3.8) is 0 Å². The van der Waals surface area contributed by atoms with Gasteiger partial charge >= 0.3 is 6.03 Å². The Balaban J connectivity index is 1.65. The standard InChI is InChI=1S/C15H23N3O/c1-12-4-6-13(7-5-12)10-17-15(19)18-11-14-3-2-8-16-9-14/h4-7,14,16H,2-3,8-11H2,1H3,(H2,17,18,19). The molecule has 0 saturated carbocycles. The molecule has 4 heteroatoms. The zero-order chi connectivity index (χ0) is 13.5. The Bertz CT molecular complexity index is 396. The van der Waals surface area contributed by atoms with E-state index in [1.165, 1.54) is 18.4 Å². The van der Waals surface area contributed by atoms with Crippen LogP contribution in [0.2, 0.25) is 0 Å². The second kappa shape index (κ2) is 7.14. The number of rotatable bonds is 4. The number of carbonyl (C=O) groups excluding carboxylic acids is 1. The van der Waals surface area contributed by atoms with Crippen molar-refractivity contribution in [2.45, 2.75) is 26.3 Å². The van der Waals surface area contributed by atoms with Gasteiger partial charge in [0.2, 0.25) is 0 Å². The van der Waals surface area contributed by atoms with Gasteiger partial charge in [-0.05, 0) is 44.3 Å². The van der Waals surface area contributed by atoms with Gasteiger partial charge in [0.15, 0.2) is 0 Å². The van der Waals surface area contributed by atoms with E-state index in [4.69, 9.17) is 0 Å². The van der Waals surface area contributed by atoms with E-state index in [2.05, 4.69) is 35.0 Å². The molecule has 104 valence electrons. The molecule has 2 rings (SSSR count). The largest absolute Gasteiger partial charge is 0.338 e. The number of benzene rings is 1. The van der Waals surface area contributed by atoms with E-state index in [1.807, 2.05) is 12.1 Å². The molecule has 2 amide bonds. The minimum Gasteiger partial charge on any atom is -0.338 e. The van der Waals surface area contributed by atoms with Crippen LogP contribution >= 0.6 is 0 Å². The van der Waals surface area contributed by atoms with Crippen molar-refractivity contribution >= 4 is 6.03 Å². The first-order valence-electron chi connectivity index (χ1n) is 7.02. The Morgan fingerprint density at radius 2 is 2.11 bits per heavy atom. The molecule has 0 aliphatic carbocycles. The molecule has 1 heterocycles. The highest BCUT2D eigenvalue weighted by molar-refractivity contribution is 5.73. The van der Waals surface area contributed by atoms with Crippen molar-refractivity contribution in [2.24, 2.45) is 5.92 Å². The first kappa shape index (κ1) is 13.9. The highest BCUT2D eigenvalue weighted by Gasteiger charge is 2.13. The molecule has 0 bridgehead atoms. The van der Waals surface area contributed by atoms with Crippen LogP contribution in [0.4, 0.5) is 4.79 Å². The summed E-state index contributed by atoms with van der Waals surface area (Å²) in [6, 6.07) is 8.12. The third kappa shape index (κ3) is 4.91. The van der Waals surface area contributed by atoms with Crippen molar-refractivity contribution in [1.82, 2.24) is 16.0 Å². The molecule has 1 aliphatic rings. The van der Waals surface area contributed by atoms with Crippen molar-refractivity contribution in [2.75, 3.05) is 19.6 Å². The maximum absolute atomic E-state index is 11.7. The molecule has 1 aliphatic heterocycles.